The highest BCUT2D eigenvalue weighted by Crippen LogP contribution is 2.11. The lowest BCUT2D eigenvalue weighted by atomic mass is 10.3. The third-order valence-corrected chi connectivity index (χ3v) is 2.63. The van der Waals surface area contributed by atoms with Crippen molar-refractivity contribution >= 4 is 16.9 Å². The molecule has 0 saturated carbocycles. The van der Waals surface area contributed by atoms with E-state index in [2.05, 4.69) is 0 Å². The zero-order valence-electron chi connectivity index (χ0n) is 9.01. The summed E-state index contributed by atoms with van der Waals surface area (Å²) in [5.41, 5.74) is 6.65. The molecule has 2 rings (SSSR count). The Morgan fingerprint density at radius 2 is 1.94 bits per heavy atom. The molecule has 0 saturated heterocycles. The smallest absolute Gasteiger partial charge is 0.328 e. The largest absolute Gasteiger partial charge is 0.370 e. The van der Waals surface area contributed by atoms with Gasteiger partial charge in [0.2, 0.25) is 5.91 Å². The normalized spacial score (nSPS) is 10.8. The van der Waals surface area contributed by atoms with Gasteiger partial charge in [-0.05, 0) is 12.1 Å². The minimum atomic E-state index is -0.403. The van der Waals surface area contributed by atoms with E-state index in [1.54, 1.807) is 16.2 Å². The van der Waals surface area contributed by atoms with Gasteiger partial charge < -0.3 is 5.73 Å². The predicted octanol–water partition coefficient (Wildman–Crippen LogP) is 0.215. The number of nitrogens with zero attached hydrogens (tertiary/aromatic N) is 2. The molecule has 0 unspecified atom stereocenters. The third-order valence-electron chi connectivity index (χ3n) is 2.63. The van der Waals surface area contributed by atoms with Gasteiger partial charge in [0.25, 0.3) is 0 Å². The van der Waals surface area contributed by atoms with Gasteiger partial charge in [-0.25, -0.2) is 4.79 Å². The van der Waals surface area contributed by atoms with Crippen LogP contribution in [-0.4, -0.2) is 15.0 Å². The number of carbonyl (C=O) groups excluding carboxylic acids is 1. The monoisotopic (exact) mass is 219 g/mol. The van der Waals surface area contributed by atoms with Gasteiger partial charge in [-0.3, -0.25) is 13.9 Å². The van der Waals surface area contributed by atoms with Crippen molar-refractivity contribution < 1.29 is 4.79 Å². The molecule has 84 valence electrons. The second-order valence-electron chi connectivity index (χ2n) is 3.70. The second kappa shape index (κ2) is 3.84. The molecule has 16 heavy (non-hydrogen) atoms. The maximum absolute atomic E-state index is 11.9. The van der Waals surface area contributed by atoms with Gasteiger partial charge in [0.1, 0.15) is 0 Å². The van der Waals surface area contributed by atoms with E-state index in [1.165, 1.54) is 0 Å². The first-order chi connectivity index (χ1) is 7.61. The Hall–Kier alpha value is -2.04. The van der Waals surface area contributed by atoms with Gasteiger partial charge in [0.15, 0.2) is 0 Å². The minimum absolute atomic E-state index is 0.123. The molecule has 0 aliphatic rings. The van der Waals surface area contributed by atoms with Crippen molar-refractivity contribution in [2.24, 2.45) is 12.8 Å². The molecule has 2 N–H and O–H groups in total. The Balaban J connectivity index is 2.55. The van der Waals surface area contributed by atoms with Crippen LogP contribution in [0.3, 0.4) is 0 Å². The maximum Gasteiger partial charge on any atom is 0.328 e. The molecule has 0 aliphatic carbocycles. The van der Waals surface area contributed by atoms with Gasteiger partial charge >= 0.3 is 5.69 Å². The van der Waals surface area contributed by atoms with E-state index in [1.807, 2.05) is 24.3 Å². The Morgan fingerprint density at radius 3 is 2.56 bits per heavy atom. The summed E-state index contributed by atoms with van der Waals surface area (Å²) in [5.74, 6) is -0.403. The highest BCUT2D eigenvalue weighted by atomic mass is 16.2. The fraction of sp³-hybridized carbons (Fsp3) is 0.273. The van der Waals surface area contributed by atoms with E-state index in [0.717, 1.165) is 11.0 Å². The summed E-state index contributed by atoms with van der Waals surface area (Å²) in [6, 6.07) is 7.47. The van der Waals surface area contributed by atoms with Crippen LogP contribution in [0.1, 0.15) is 6.42 Å². The summed E-state index contributed by atoms with van der Waals surface area (Å²) in [7, 11) is 1.71. The molecular weight excluding hydrogens is 206 g/mol. The topological polar surface area (TPSA) is 70.0 Å². The number of amides is 1. The molecule has 0 radical (unpaired) electrons. The van der Waals surface area contributed by atoms with Crippen LogP contribution in [-0.2, 0) is 18.4 Å². The zero-order chi connectivity index (χ0) is 11.7. The number of imidazole rings is 1. The highest BCUT2D eigenvalue weighted by Gasteiger charge is 2.09. The first kappa shape index (κ1) is 10.5. The molecule has 0 bridgehead atoms. The number of hydrogen-bond acceptors (Lipinski definition) is 2. The number of aryl methyl sites for hydroxylation is 2. The molecule has 0 aliphatic heterocycles. The van der Waals surface area contributed by atoms with Crippen LogP contribution in [0.15, 0.2) is 29.1 Å². The molecule has 2 aromatic rings. The Bertz CT molecular complexity index is 595. The number of fused-ring (bicyclic) bond motifs is 1. The number of nitrogens with two attached hydrogens (primary N) is 1. The fourth-order valence-corrected chi connectivity index (χ4v) is 1.80. The van der Waals surface area contributed by atoms with E-state index in [4.69, 9.17) is 5.73 Å². The Labute approximate surface area is 92.1 Å². The van der Waals surface area contributed by atoms with Crippen molar-refractivity contribution in [1.82, 2.24) is 9.13 Å². The van der Waals surface area contributed by atoms with E-state index in [-0.39, 0.29) is 12.1 Å². The summed E-state index contributed by atoms with van der Waals surface area (Å²) in [5, 5.41) is 0. The second-order valence-corrected chi connectivity index (χ2v) is 3.70. The van der Waals surface area contributed by atoms with Crippen molar-refractivity contribution in [2.75, 3.05) is 0 Å². The van der Waals surface area contributed by atoms with Gasteiger partial charge in [-0.1, -0.05) is 12.1 Å². The fourth-order valence-electron chi connectivity index (χ4n) is 1.80. The first-order valence-electron chi connectivity index (χ1n) is 5.04. The maximum atomic E-state index is 11.9. The minimum Gasteiger partial charge on any atom is -0.370 e. The highest BCUT2D eigenvalue weighted by molar-refractivity contribution is 5.77. The average Bonchev–Trinajstić information content (AvgIpc) is 2.50. The SMILES string of the molecule is Cn1c(=O)n(CCC(N)=O)c2ccccc21. The van der Waals surface area contributed by atoms with Crippen LogP contribution >= 0.6 is 0 Å². The summed E-state index contributed by atoms with van der Waals surface area (Å²) in [6.45, 7) is 0.329. The molecule has 0 spiro atoms. The third kappa shape index (κ3) is 1.60. The molecule has 1 aromatic carbocycles. The number of primary amides is 1. The zero-order valence-corrected chi connectivity index (χ0v) is 9.01. The van der Waals surface area contributed by atoms with Crippen LogP contribution in [0.25, 0.3) is 11.0 Å². The Morgan fingerprint density at radius 1 is 1.31 bits per heavy atom. The van der Waals surface area contributed by atoms with E-state index in [0.29, 0.717) is 6.54 Å². The molecule has 1 aromatic heterocycles. The van der Waals surface area contributed by atoms with Crippen molar-refractivity contribution in [3.63, 3.8) is 0 Å². The number of benzene rings is 1. The molecule has 5 heteroatoms. The lowest BCUT2D eigenvalue weighted by Gasteiger charge is -1.99. The van der Waals surface area contributed by atoms with E-state index >= 15 is 0 Å². The molecule has 5 nitrogen and oxygen atoms in total. The van der Waals surface area contributed by atoms with Crippen LogP contribution < -0.4 is 11.4 Å². The van der Waals surface area contributed by atoms with Gasteiger partial charge in [0.05, 0.1) is 11.0 Å². The molecule has 1 amide bonds. The molecule has 1 heterocycles. The number of carbonyl (C=O) groups is 1. The summed E-state index contributed by atoms with van der Waals surface area (Å²) < 4.78 is 3.14. The summed E-state index contributed by atoms with van der Waals surface area (Å²) in [4.78, 5) is 22.6. The van der Waals surface area contributed by atoms with Crippen molar-refractivity contribution in [1.29, 1.82) is 0 Å². The lowest BCUT2D eigenvalue weighted by Crippen LogP contribution is -2.24. The predicted molar refractivity (Wildman–Crippen MR) is 61.0 cm³/mol. The number of para-hydroxylation sites is 2. The van der Waals surface area contributed by atoms with E-state index < -0.39 is 5.91 Å². The van der Waals surface area contributed by atoms with Crippen LogP contribution in [0.5, 0.6) is 0 Å². The standard InChI is InChI=1S/C11H13N3O2/c1-13-8-4-2-3-5-9(8)14(11(13)16)7-6-10(12)15/h2-5H,6-7H2,1H3,(H2,12,15). The van der Waals surface area contributed by atoms with Crippen molar-refractivity contribution in [3.8, 4) is 0 Å². The van der Waals surface area contributed by atoms with Crippen LogP contribution in [0, 0.1) is 0 Å². The van der Waals surface area contributed by atoms with Gasteiger partial charge in [-0.15, -0.1) is 0 Å². The number of hydrogen-bond donors (Lipinski definition) is 1. The summed E-state index contributed by atoms with van der Waals surface area (Å²) in [6.07, 6.45) is 0.175. The molecule has 0 atom stereocenters. The van der Waals surface area contributed by atoms with Crippen LogP contribution in [0.2, 0.25) is 0 Å². The number of aromatic nitrogens is 2. The quantitative estimate of drug-likeness (QED) is 0.802. The van der Waals surface area contributed by atoms with Crippen molar-refractivity contribution in [2.45, 2.75) is 13.0 Å². The average molecular weight is 219 g/mol. The van der Waals surface area contributed by atoms with Gasteiger partial charge in [-0.2, -0.15) is 0 Å². The molecular formula is C11H13N3O2. The van der Waals surface area contributed by atoms with E-state index in [9.17, 15) is 9.59 Å². The summed E-state index contributed by atoms with van der Waals surface area (Å²) >= 11 is 0. The Kier molecular flexibility index (Phi) is 2.52. The first-order valence-corrected chi connectivity index (χ1v) is 5.04. The van der Waals surface area contributed by atoms with Crippen LogP contribution in [0.4, 0.5) is 0 Å². The lowest BCUT2D eigenvalue weighted by molar-refractivity contribution is -0.118. The number of rotatable bonds is 3. The molecule has 0 fully saturated rings. The van der Waals surface area contributed by atoms with Gasteiger partial charge in [0, 0.05) is 20.0 Å². The van der Waals surface area contributed by atoms with Crippen molar-refractivity contribution in [3.05, 3.63) is 34.7 Å².